The average Bonchev–Trinajstić information content (AvgIpc) is 3.20. The number of rotatable bonds is 6. The van der Waals surface area contributed by atoms with Crippen LogP contribution in [0, 0.1) is 0 Å². The normalized spacial score (nSPS) is 15.1. The van der Waals surface area contributed by atoms with Gasteiger partial charge in [0.15, 0.2) is 5.11 Å². The van der Waals surface area contributed by atoms with E-state index in [1.807, 2.05) is 66.9 Å². The maximum Gasteiger partial charge on any atom is 0.270 e. The summed E-state index contributed by atoms with van der Waals surface area (Å²) in [6.07, 6.45) is 3.63. The fraction of sp³-hybridized carbons (Fsp3) is 0.0741. The number of thiocarbonyl (C=S) groups is 1. The van der Waals surface area contributed by atoms with Crippen LogP contribution < -0.4 is 10.2 Å². The van der Waals surface area contributed by atoms with E-state index < -0.39 is 11.8 Å². The number of anilines is 1. The number of thioether (sulfide) groups is 1. The number of hydrogen-bond acceptors (Lipinski definition) is 4. The number of para-hydroxylation sites is 1. The topological polar surface area (TPSA) is 54.3 Å². The minimum Gasteiger partial charge on any atom is -0.346 e. The summed E-state index contributed by atoms with van der Waals surface area (Å²) in [5.41, 5.74) is 2.43. The summed E-state index contributed by atoms with van der Waals surface area (Å²) in [6, 6.07) is 23.0. The summed E-state index contributed by atoms with van der Waals surface area (Å²) in [6.45, 7) is 0.755. The van der Waals surface area contributed by atoms with Gasteiger partial charge in [-0.2, -0.15) is 0 Å². The molecule has 0 unspecified atom stereocenters. The molecule has 2 heterocycles. The second-order valence-electron chi connectivity index (χ2n) is 8.04. The lowest BCUT2D eigenvalue weighted by molar-refractivity contribution is -0.122. The molecule has 1 saturated heterocycles. The molecule has 5 rings (SSSR count). The Morgan fingerprint density at radius 3 is 2.58 bits per heavy atom. The van der Waals surface area contributed by atoms with Crippen LogP contribution in [0.25, 0.3) is 17.0 Å². The number of carbonyl (C=O) groups is 2. The van der Waals surface area contributed by atoms with Gasteiger partial charge in [0.25, 0.3) is 11.8 Å². The molecule has 0 saturated carbocycles. The number of halogens is 2. The van der Waals surface area contributed by atoms with Crippen molar-refractivity contribution in [1.29, 1.82) is 0 Å². The Hall–Kier alpha value is -2.91. The Bertz CT molecular complexity index is 1530. The van der Waals surface area contributed by atoms with E-state index in [0.29, 0.717) is 10.7 Å². The molecule has 0 radical (unpaired) electrons. The van der Waals surface area contributed by atoms with Crippen molar-refractivity contribution in [2.45, 2.75) is 11.4 Å². The van der Waals surface area contributed by atoms with Gasteiger partial charge in [-0.15, -0.1) is 11.8 Å². The molecule has 4 aromatic rings. The summed E-state index contributed by atoms with van der Waals surface area (Å²) < 4.78 is 2.95. The molecular formula is C27H19BrClN3O2S2. The van der Waals surface area contributed by atoms with Gasteiger partial charge in [0.2, 0.25) is 0 Å². The summed E-state index contributed by atoms with van der Waals surface area (Å²) in [5, 5.41) is 4.39. The Balaban J connectivity index is 1.45. The molecule has 0 aliphatic carbocycles. The van der Waals surface area contributed by atoms with Crippen molar-refractivity contribution in [3.05, 3.63) is 99.6 Å². The van der Waals surface area contributed by atoms with Gasteiger partial charge in [0.05, 0.1) is 5.69 Å². The van der Waals surface area contributed by atoms with E-state index in [2.05, 4.69) is 25.8 Å². The summed E-state index contributed by atoms with van der Waals surface area (Å²) in [4.78, 5) is 28.7. The fourth-order valence-corrected chi connectivity index (χ4v) is 5.68. The third-order valence-electron chi connectivity index (χ3n) is 5.70. The van der Waals surface area contributed by atoms with Crippen LogP contribution in [-0.4, -0.2) is 27.2 Å². The lowest BCUT2D eigenvalue weighted by Crippen LogP contribution is -2.54. The molecule has 5 nitrogen and oxygen atoms in total. The van der Waals surface area contributed by atoms with Crippen LogP contribution in [0.5, 0.6) is 0 Å². The van der Waals surface area contributed by atoms with E-state index in [0.717, 1.165) is 38.1 Å². The van der Waals surface area contributed by atoms with Crippen LogP contribution in [0.3, 0.4) is 0 Å². The number of nitrogens with zero attached hydrogens (tertiary/aromatic N) is 2. The minimum absolute atomic E-state index is 0.0296. The molecule has 180 valence electrons. The molecule has 0 atom stereocenters. The van der Waals surface area contributed by atoms with E-state index in [9.17, 15) is 9.59 Å². The molecule has 0 bridgehead atoms. The van der Waals surface area contributed by atoms with Crippen molar-refractivity contribution in [3.8, 4) is 0 Å². The highest BCUT2D eigenvalue weighted by atomic mass is 79.9. The summed E-state index contributed by atoms with van der Waals surface area (Å²) in [5.74, 6) is -0.121. The zero-order chi connectivity index (χ0) is 25.2. The fourth-order valence-electron chi connectivity index (χ4n) is 4.03. The van der Waals surface area contributed by atoms with Crippen LogP contribution in [0.4, 0.5) is 5.69 Å². The molecule has 36 heavy (non-hydrogen) atoms. The Labute approximate surface area is 231 Å². The number of carbonyl (C=O) groups excluding carboxylic acids is 2. The van der Waals surface area contributed by atoms with Gasteiger partial charge in [0.1, 0.15) is 5.57 Å². The van der Waals surface area contributed by atoms with Crippen molar-refractivity contribution in [2.24, 2.45) is 0 Å². The van der Waals surface area contributed by atoms with Crippen molar-refractivity contribution in [3.63, 3.8) is 0 Å². The van der Waals surface area contributed by atoms with Crippen molar-refractivity contribution < 1.29 is 9.59 Å². The number of aromatic nitrogens is 1. The van der Waals surface area contributed by atoms with Crippen LogP contribution in [0.1, 0.15) is 5.56 Å². The Morgan fingerprint density at radius 2 is 1.81 bits per heavy atom. The van der Waals surface area contributed by atoms with E-state index in [-0.39, 0.29) is 10.7 Å². The van der Waals surface area contributed by atoms with E-state index in [4.69, 9.17) is 23.8 Å². The molecule has 1 aliphatic rings. The minimum atomic E-state index is -0.508. The highest BCUT2D eigenvalue weighted by Gasteiger charge is 2.34. The number of hydrogen-bond donors (Lipinski definition) is 1. The van der Waals surface area contributed by atoms with E-state index >= 15 is 0 Å². The second-order valence-corrected chi connectivity index (χ2v) is 10.9. The van der Waals surface area contributed by atoms with Crippen molar-refractivity contribution in [1.82, 2.24) is 9.88 Å². The van der Waals surface area contributed by atoms with Gasteiger partial charge in [-0.1, -0.05) is 51.8 Å². The first-order valence-electron chi connectivity index (χ1n) is 11.0. The maximum atomic E-state index is 13.4. The molecular weight excluding hydrogens is 578 g/mol. The number of nitrogens with one attached hydrogen (secondary N) is 1. The largest absolute Gasteiger partial charge is 0.346 e. The number of aryl methyl sites for hydroxylation is 1. The number of benzene rings is 3. The number of amides is 2. The highest BCUT2D eigenvalue weighted by Crippen LogP contribution is 2.28. The Kier molecular flexibility index (Phi) is 7.29. The molecule has 1 N–H and O–H groups in total. The zero-order valence-electron chi connectivity index (χ0n) is 18.8. The van der Waals surface area contributed by atoms with Crippen molar-refractivity contribution in [2.75, 3.05) is 10.7 Å². The predicted octanol–water partition coefficient (Wildman–Crippen LogP) is 6.68. The quantitative estimate of drug-likeness (QED) is 0.117. The van der Waals surface area contributed by atoms with Crippen LogP contribution in [-0.2, 0) is 16.1 Å². The van der Waals surface area contributed by atoms with Gasteiger partial charge >= 0.3 is 0 Å². The zero-order valence-corrected chi connectivity index (χ0v) is 22.8. The van der Waals surface area contributed by atoms with Crippen molar-refractivity contribution >= 4 is 91.1 Å². The van der Waals surface area contributed by atoms with Gasteiger partial charge in [-0.3, -0.25) is 19.8 Å². The molecule has 1 aromatic heterocycles. The standard InChI is InChI=1S/C27H19BrClN3O2S2/c28-18-4-3-5-20(15-18)32-26(34)23(25(33)30-27(32)35)14-17-16-31(24-7-2-1-6-22(17)24)12-13-36-21-10-8-19(29)9-11-21/h1-11,14-16H,12-13H2,(H,30,33,35)/b23-14+. The molecule has 0 spiro atoms. The van der Waals surface area contributed by atoms with E-state index in [1.165, 1.54) is 4.90 Å². The maximum absolute atomic E-state index is 13.4. The monoisotopic (exact) mass is 595 g/mol. The van der Waals surface area contributed by atoms with Gasteiger partial charge < -0.3 is 4.57 Å². The van der Waals surface area contributed by atoms with Gasteiger partial charge in [0, 0.05) is 49.4 Å². The first kappa shape index (κ1) is 24.8. The summed E-state index contributed by atoms with van der Waals surface area (Å²) >= 11 is 16.5. The molecule has 1 fully saturated rings. The van der Waals surface area contributed by atoms with E-state index in [1.54, 1.807) is 30.0 Å². The van der Waals surface area contributed by atoms with Crippen LogP contribution in [0.15, 0.2) is 93.9 Å². The van der Waals surface area contributed by atoms with Gasteiger partial charge in [-0.25, -0.2) is 0 Å². The average molecular weight is 597 g/mol. The SMILES string of the molecule is O=C1NC(=S)N(c2cccc(Br)c2)C(=O)/C1=C/c1cn(CCSc2ccc(Cl)cc2)c2ccccc12. The molecule has 2 amide bonds. The smallest absolute Gasteiger partial charge is 0.270 e. The van der Waals surface area contributed by atoms with Gasteiger partial charge in [-0.05, 0) is 66.8 Å². The summed E-state index contributed by atoms with van der Waals surface area (Å²) in [7, 11) is 0. The third-order valence-corrected chi connectivity index (χ3v) is 7.72. The van der Waals surface area contributed by atoms with Crippen LogP contribution >= 0.6 is 51.5 Å². The second kappa shape index (κ2) is 10.6. The number of fused-ring (bicyclic) bond motifs is 1. The first-order valence-corrected chi connectivity index (χ1v) is 13.6. The molecule has 1 aliphatic heterocycles. The Morgan fingerprint density at radius 1 is 1.03 bits per heavy atom. The molecule has 9 heteroatoms. The third kappa shape index (κ3) is 5.13. The molecule has 3 aromatic carbocycles. The first-order chi connectivity index (χ1) is 17.4. The predicted molar refractivity (Wildman–Crippen MR) is 154 cm³/mol. The highest BCUT2D eigenvalue weighted by molar-refractivity contribution is 9.10. The lowest BCUT2D eigenvalue weighted by atomic mass is 10.1. The van der Waals surface area contributed by atoms with Crippen LogP contribution in [0.2, 0.25) is 5.02 Å². The lowest BCUT2D eigenvalue weighted by Gasteiger charge is -2.29.